The van der Waals surface area contributed by atoms with Crippen LogP contribution < -0.4 is 0 Å². The van der Waals surface area contributed by atoms with Crippen LogP contribution in [0.25, 0.3) is 33.0 Å². The number of halogens is 1. The molecule has 0 aliphatic carbocycles. The molecule has 4 aromatic carbocycles. The van der Waals surface area contributed by atoms with Gasteiger partial charge in [0.2, 0.25) is 0 Å². The molecule has 0 aliphatic heterocycles. The Morgan fingerprint density at radius 3 is 1.75 bits per heavy atom. The summed E-state index contributed by atoms with van der Waals surface area (Å²) < 4.78 is 0. The molecule has 0 radical (unpaired) electrons. The number of alkyl halides is 1. The van der Waals surface area contributed by atoms with Gasteiger partial charge in [-0.1, -0.05) is 101 Å². The van der Waals surface area contributed by atoms with E-state index in [4.69, 9.17) is 0 Å². The fourth-order valence-corrected chi connectivity index (χ4v) is 3.39. The first-order chi connectivity index (χ1) is 11.8. The first-order valence-electron chi connectivity index (χ1n) is 8.08. The molecule has 116 valence electrons. The summed E-state index contributed by atoms with van der Waals surface area (Å²) in [6, 6.07) is 32.6. The number of hydrogen-bond donors (Lipinski definition) is 0. The van der Waals surface area contributed by atoms with Gasteiger partial charge in [0.25, 0.3) is 0 Å². The summed E-state index contributed by atoms with van der Waals surface area (Å²) in [6.07, 6.45) is 0. The van der Waals surface area contributed by atoms with Crippen molar-refractivity contribution in [3.05, 3.63) is 96.6 Å². The molecule has 0 atom stereocenters. The van der Waals surface area contributed by atoms with E-state index in [9.17, 15) is 0 Å². The molecular formula is C23H17Br. The highest BCUT2D eigenvalue weighted by Gasteiger charge is 2.02. The Labute approximate surface area is 150 Å². The van der Waals surface area contributed by atoms with E-state index in [0.717, 1.165) is 5.33 Å². The summed E-state index contributed by atoms with van der Waals surface area (Å²) in [4.78, 5) is 0. The van der Waals surface area contributed by atoms with Gasteiger partial charge in [0.15, 0.2) is 0 Å². The molecule has 0 amide bonds. The Morgan fingerprint density at radius 1 is 0.500 bits per heavy atom. The van der Waals surface area contributed by atoms with Crippen LogP contribution in [0.15, 0.2) is 91.0 Å². The van der Waals surface area contributed by atoms with Gasteiger partial charge in [-0.05, 0) is 44.7 Å². The van der Waals surface area contributed by atoms with Crippen molar-refractivity contribution in [2.45, 2.75) is 5.33 Å². The lowest BCUT2D eigenvalue weighted by Crippen LogP contribution is -1.82. The van der Waals surface area contributed by atoms with Gasteiger partial charge < -0.3 is 0 Å². The Balaban J connectivity index is 1.69. The fraction of sp³-hybridized carbons (Fsp3) is 0.0435. The lowest BCUT2D eigenvalue weighted by atomic mass is 9.98. The molecule has 1 heteroatoms. The molecule has 0 aliphatic rings. The van der Waals surface area contributed by atoms with E-state index < -0.39 is 0 Å². The van der Waals surface area contributed by atoms with Crippen molar-refractivity contribution in [1.29, 1.82) is 0 Å². The van der Waals surface area contributed by atoms with Crippen molar-refractivity contribution in [1.82, 2.24) is 0 Å². The van der Waals surface area contributed by atoms with Crippen molar-refractivity contribution in [3.63, 3.8) is 0 Å². The van der Waals surface area contributed by atoms with E-state index in [2.05, 4.69) is 101 Å². The molecule has 24 heavy (non-hydrogen) atoms. The summed E-state index contributed by atoms with van der Waals surface area (Å²) >= 11 is 3.52. The van der Waals surface area contributed by atoms with Crippen LogP contribution in [-0.2, 0) is 5.33 Å². The maximum absolute atomic E-state index is 3.52. The fourth-order valence-electron chi connectivity index (χ4n) is 3.04. The highest BCUT2D eigenvalue weighted by Crippen LogP contribution is 2.28. The van der Waals surface area contributed by atoms with E-state index in [-0.39, 0.29) is 0 Å². The highest BCUT2D eigenvalue weighted by molar-refractivity contribution is 9.08. The topological polar surface area (TPSA) is 0 Å². The minimum atomic E-state index is 0.894. The predicted molar refractivity (Wildman–Crippen MR) is 107 cm³/mol. The zero-order chi connectivity index (χ0) is 16.4. The van der Waals surface area contributed by atoms with Crippen molar-refractivity contribution < 1.29 is 0 Å². The van der Waals surface area contributed by atoms with Crippen molar-refractivity contribution in [2.75, 3.05) is 0 Å². The number of fused-ring (bicyclic) bond motifs is 1. The third-order valence-corrected chi connectivity index (χ3v) is 5.03. The second-order valence-corrected chi connectivity index (χ2v) is 6.53. The van der Waals surface area contributed by atoms with Gasteiger partial charge in [-0.2, -0.15) is 0 Å². The molecule has 0 nitrogen and oxygen atoms in total. The standard InChI is InChI=1S/C23H17Br/c24-16-17-6-7-23-15-22(13-12-21(23)14-17)20-10-8-19(9-11-20)18-4-2-1-3-5-18/h1-15H,16H2. The van der Waals surface area contributed by atoms with E-state index in [1.54, 1.807) is 0 Å². The van der Waals surface area contributed by atoms with E-state index in [1.165, 1.54) is 38.6 Å². The second kappa shape index (κ2) is 6.62. The quantitative estimate of drug-likeness (QED) is 0.337. The van der Waals surface area contributed by atoms with Gasteiger partial charge in [-0.15, -0.1) is 0 Å². The summed E-state index contributed by atoms with van der Waals surface area (Å²) in [6.45, 7) is 0. The maximum atomic E-state index is 3.52. The smallest absolute Gasteiger partial charge is 0.0283 e. The Bertz CT molecular complexity index is 970. The monoisotopic (exact) mass is 372 g/mol. The van der Waals surface area contributed by atoms with Crippen LogP contribution in [-0.4, -0.2) is 0 Å². The lowest BCUT2D eigenvalue weighted by molar-refractivity contribution is 1.46. The largest absolute Gasteiger partial charge is 0.0876 e. The zero-order valence-electron chi connectivity index (χ0n) is 13.2. The van der Waals surface area contributed by atoms with Crippen LogP contribution in [0.4, 0.5) is 0 Å². The van der Waals surface area contributed by atoms with Crippen LogP contribution in [0, 0.1) is 0 Å². The molecule has 0 fully saturated rings. The van der Waals surface area contributed by atoms with Crippen LogP contribution in [0.5, 0.6) is 0 Å². The van der Waals surface area contributed by atoms with Crippen LogP contribution in [0.3, 0.4) is 0 Å². The molecule has 0 heterocycles. The van der Waals surface area contributed by atoms with Crippen molar-refractivity contribution in [2.24, 2.45) is 0 Å². The van der Waals surface area contributed by atoms with Crippen LogP contribution in [0.1, 0.15) is 5.56 Å². The summed E-state index contributed by atoms with van der Waals surface area (Å²) in [5, 5.41) is 3.46. The van der Waals surface area contributed by atoms with Crippen LogP contribution in [0.2, 0.25) is 0 Å². The molecule has 0 N–H and O–H groups in total. The Morgan fingerprint density at radius 2 is 1.04 bits per heavy atom. The average Bonchev–Trinajstić information content (AvgIpc) is 2.68. The lowest BCUT2D eigenvalue weighted by Gasteiger charge is -2.07. The van der Waals surface area contributed by atoms with Gasteiger partial charge >= 0.3 is 0 Å². The Kier molecular flexibility index (Phi) is 4.18. The molecule has 0 saturated carbocycles. The second-order valence-electron chi connectivity index (χ2n) is 5.97. The molecule has 0 saturated heterocycles. The summed E-state index contributed by atoms with van der Waals surface area (Å²) in [7, 11) is 0. The molecule has 0 unspecified atom stereocenters. The minimum Gasteiger partial charge on any atom is -0.0876 e. The summed E-state index contributed by atoms with van der Waals surface area (Å²) in [5.41, 5.74) is 6.32. The Hall–Kier alpha value is -2.38. The van der Waals surface area contributed by atoms with E-state index in [1.807, 2.05) is 6.07 Å². The molecule has 4 aromatic rings. The minimum absolute atomic E-state index is 0.894. The van der Waals surface area contributed by atoms with E-state index >= 15 is 0 Å². The van der Waals surface area contributed by atoms with Gasteiger partial charge in [0.1, 0.15) is 0 Å². The summed E-state index contributed by atoms with van der Waals surface area (Å²) in [5.74, 6) is 0. The zero-order valence-corrected chi connectivity index (χ0v) is 14.8. The van der Waals surface area contributed by atoms with Gasteiger partial charge in [-0.25, -0.2) is 0 Å². The SMILES string of the molecule is BrCc1ccc2cc(-c3ccc(-c4ccccc4)cc3)ccc2c1. The maximum Gasteiger partial charge on any atom is 0.0283 e. The van der Waals surface area contributed by atoms with Gasteiger partial charge in [0.05, 0.1) is 0 Å². The number of rotatable bonds is 3. The normalized spacial score (nSPS) is 10.9. The van der Waals surface area contributed by atoms with Crippen molar-refractivity contribution in [3.8, 4) is 22.3 Å². The van der Waals surface area contributed by atoms with E-state index in [0.29, 0.717) is 0 Å². The van der Waals surface area contributed by atoms with Crippen LogP contribution >= 0.6 is 15.9 Å². The average molecular weight is 373 g/mol. The molecule has 0 spiro atoms. The highest BCUT2D eigenvalue weighted by atomic mass is 79.9. The molecule has 0 bridgehead atoms. The molecular weight excluding hydrogens is 356 g/mol. The van der Waals surface area contributed by atoms with Gasteiger partial charge in [0, 0.05) is 5.33 Å². The number of benzene rings is 4. The predicted octanol–water partition coefficient (Wildman–Crippen LogP) is 7.07. The first kappa shape index (κ1) is 15.2. The third kappa shape index (κ3) is 3.00. The molecule has 0 aromatic heterocycles. The molecule has 4 rings (SSSR count). The number of hydrogen-bond acceptors (Lipinski definition) is 0. The van der Waals surface area contributed by atoms with Crippen molar-refractivity contribution >= 4 is 26.7 Å². The first-order valence-corrected chi connectivity index (χ1v) is 9.20. The van der Waals surface area contributed by atoms with Gasteiger partial charge in [-0.3, -0.25) is 0 Å². The third-order valence-electron chi connectivity index (χ3n) is 4.38.